The van der Waals surface area contributed by atoms with Crippen molar-refractivity contribution in [3.8, 4) is 6.07 Å². The van der Waals surface area contributed by atoms with E-state index in [1.807, 2.05) is 30.3 Å². The summed E-state index contributed by atoms with van der Waals surface area (Å²) in [6.45, 7) is 4.41. The number of amides is 1. The number of hydrogen-bond donors (Lipinski definition) is 1. The largest absolute Gasteiger partial charge is 0.352 e. The molecule has 1 fully saturated rings. The average molecular weight is 284 g/mol. The molecule has 1 aliphatic rings. The molecule has 0 aromatic heterocycles. The third-order valence-corrected chi connectivity index (χ3v) is 4.58. The van der Waals surface area contributed by atoms with Gasteiger partial charge in [0.15, 0.2) is 0 Å². The van der Waals surface area contributed by atoms with Crippen molar-refractivity contribution < 1.29 is 4.79 Å². The van der Waals surface area contributed by atoms with E-state index >= 15 is 0 Å². The van der Waals surface area contributed by atoms with E-state index < -0.39 is 5.92 Å². The van der Waals surface area contributed by atoms with E-state index in [1.165, 1.54) is 6.42 Å². The van der Waals surface area contributed by atoms with Gasteiger partial charge in [-0.05, 0) is 30.2 Å². The van der Waals surface area contributed by atoms with Gasteiger partial charge in [-0.3, -0.25) is 4.79 Å². The van der Waals surface area contributed by atoms with Gasteiger partial charge in [0, 0.05) is 6.04 Å². The summed E-state index contributed by atoms with van der Waals surface area (Å²) in [5.74, 6) is -0.730. The first-order valence-corrected chi connectivity index (χ1v) is 7.77. The van der Waals surface area contributed by atoms with Crippen LogP contribution in [0.15, 0.2) is 30.3 Å². The predicted octanol–water partition coefficient (Wildman–Crippen LogP) is 3.45. The minimum atomic E-state index is -0.606. The second kappa shape index (κ2) is 6.76. The van der Waals surface area contributed by atoms with Crippen LogP contribution in [-0.2, 0) is 11.2 Å². The fourth-order valence-electron chi connectivity index (χ4n) is 3.08. The van der Waals surface area contributed by atoms with Gasteiger partial charge in [-0.25, -0.2) is 0 Å². The van der Waals surface area contributed by atoms with Gasteiger partial charge in [-0.15, -0.1) is 0 Å². The zero-order chi connectivity index (χ0) is 15.3. The fourth-order valence-corrected chi connectivity index (χ4v) is 3.08. The SMILES string of the molecule is CC1(C)CCCCC1NC(=O)C(C#N)Cc1ccccc1. The highest BCUT2D eigenvalue weighted by atomic mass is 16.1. The van der Waals surface area contributed by atoms with Crippen LogP contribution >= 0.6 is 0 Å². The smallest absolute Gasteiger partial charge is 0.237 e. The summed E-state index contributed by atoms with van der Waals surface area (Å²) < 4.78 is 0. The van der Waals surface area contributed by atoms with Crippen LogP contribution in [0.2, 0.25) is 0 Å². The van der Waals surface area contributed by atoms with Crippen LogP contribution < -0.4 is 5.32 Å². The van der Waals surface area contributed by atoms with Gasteiger partial charge in [0.05, 0.1) is 6.07 Å². The number of benzene rings is 1. The van der Waals surface area contributed by atoms with Crippen LogP contribution in [0.5, 0.6) is 0 Å². The Hall–Kier alpha value is -1.82. The predicted molar refractivity (Wildman–Crippen MR) is 83.4 cm³/mol. The van der Waals surface area contributed by atoms with Gasteiger partial charge in [0.2, 0.25) is 5.91 Å². The van der Waals surface area contributed by atoms with E-state index in [0.717, 1.165) is 24.8 Å². The summed E-state index contributed by atoms with van der Waals surface area (Å²) in [7, 11) is 0. The first-order chi connectivity index (χ1) is 10.0. The van der Waals surface area contributed by atoms with Crippen LogP contribution in [0.3, 0.4) is 0 Å². The topological polar surface area (TPSA) is 52.9 Å². The van der Waals surface area contributed by atoms with Gasteiger partial charge >= 0.3 is 0 Å². The molecule has 0 heterocycles. The number of nitriles is 1. The Bertz CT molecular complexity index is 516. The Labute approximate surface area is 127 Å². The van der Waals surface area contributed by atoms with Crippen molar-refractivity contribution in [2.45, 2.75) is 52.0 Å². The van der Waals surface area contributed by atoms with Gasteiger partial charge in [0.1, 0.15) is 5.92 Å². The molecule has 0 aliphatic heterocycles. The van der Waals surface area contributed by atoms with E-state index in [4.69, 9.17) is 0 Å². The van der Waals surface area contributed by atoms with Crippen molar-refractivity contribution in [2.24, 2.45) is 11.3 Å². The summed E-state index contributed by atoms with van der Waals surface area (Å²) in [5, 5.41) is 12.4. The maximum atomic E-state index is 12.4. The molecule has 2 atom stereocenters. The zero-order valence-electron chi connectivity index (χ0n) is 12.9. The molecule has 0 saturated heterocycles. The molecule has 1 saturated carbocycles. The van der Waals surface area contributed by atoms with Gasteiger partial charge < -0.3 is 5.32 Å². The first kappa shape index (κ1) is 15.6. The summed E-state index contributed by atoms with van der Waals surface area (Å²) >= 11 is 0. The lowest BCUT2D eigenvalue weighted by Crippen LogP contribution is -2.48. The number of rotatable bonds is 4. The van der Waals surface area contributed by atoms with Crippen molar-refractivity contribution in [1.82, 2.24) is 5.32 Å². The molecular formula is C18H24N2O. The second-order valence-electron chi connectivity index (χ2n) is 6.67. The minimum Gasteiger partial charge on any atom is -0.352 e. The summed E-state index contributed by atoms with van der Waals surface area (Å²) in [4.78, 5) is 12.4. The summed E-state index contributed by atoms with van der Waals surface area (Å²) in [6, 6.07) is 12.1. The van der Waals surface area contributed by atoms with Gasteiger partial charge in [-0.2, -0.15) is 5.26 Å². The Kier molecular flexibility index (Phi) is 5.01. The van der Waals surface area contributed by atoms with Crippen molar-refractivity contribution in [2.75, 3.05) is 0 Å². The maximum Gasteiger partial charge on any atom is 0.237 e. The third kappa shape index (κ3) is 4.07. The average Bonchev–Trinajstić information content (AvgIpc) is 2.48. The monoisotopic (exact) mass is 284 g/mol. The van der Waals surface area contributed by atoms with Gasteiger partial charge in [-0.1, -0.05) is 57.0 Å². The molecule has 1 aromatic carbocycles. The Morgan fingerprint density at radius 1 is 1.38 bits per heavy atom. The molecule has 2 rings (SSSR count). The quantitative estimate of drug-likeness (QED) is 0.920. The van der Waals surface area contributed by atoms with Crippen molar-refractivity contribution in [3.05, 3.63) is 35.9 Å². The lowest BCUT2D eigenvalue weighted by Gasteiger charge is -2.39. The molecule has 2 unspecified atom stereocenters. The maximum absolute atomic E-state index is 12.4. The van der Waals surface area contributed by atoms with Crippen LogP contribution in [0.1, 0.15) is 45.1 Å². The van der Waals surface area contributed by atoms with Crippen LogP contribution in [0.25, 0.3) is 0 Å². The molecule has 1 aromatic rings. The molecule has 1 N–H and O–H groups in total. The molecule has 0 spiro atoms. The van der Waals surface area contributed by atoms with E-state index in [-0.39, 0.29) is 17.4 Å². The van der Waals surface area contributed by atoms with Crippen LogP contribution in [-0.4, -0.2) is 11.9 Å². The lowest BCUT2D eigenvalue weighted by atomic mass is 9.73. The molecule has 1 aliphatic carbocycles. The first-order valence-electron chi connectivity index (χ1n) is 7.77. The normalized spacial score (nSPS) is 22.0. The van der Waals surface area contributed by atoms with Crippen LogP contribution in [0, 0.1) is 22.7 Å². The standard InChI is InChI=1S/C18H24N2O/c1-18(2)11-7-6-10-16(18)20-17(21)15(13-19)12-14-8-4-3-5-9-14/h3-5,8-9,15-16H,6-7,10-12H2,1-2H3,(H,20,21). The molecule has 0 radical (unpaired) electrons. The van der Waals surface area contributed by atoms with Crippen molar-refractivity contribution in [1.29, 1.82) is 5.26 Å². The van der Waals surface area contributed by atoms with Crippen LogP contribution in [0.4, 0.5) is 0 Å². The molecule has 21 heavy (non-hydrogen) atoms. The van der Waals surface area contributed by atoms with E-state index in [1.54, 1.807) is 0 Å². The van der Waals surface area contributed by atoms with Crippen molar-refractivity contribution in [3.63, 3.8) is 0 Å². The molecule has 112 valence electrons. The minimum absolute atomic E-state index is 0.124. The fraction of sp³-hybridized carbons (Fsp3) is 0.556. The van der Waals surface area contributed by atoms with E-state index in [2.05, 4.69) is 25.2 Å². The Balaban J connectivity index is 1.99. The molecular weight excluding hydrogens is 260 g/mol. The summed E-state index contributed by atoms with van der Waals surface area (Å²) in [5.41, 5.74) is 1.16. The lowest BCUT2D eigenvalue weighted by molar-refractivity contribution is -0.125. The van der Waals surface area contributed by atoms with E-state index in [9.17, 15) is 10.1 Å². The highest BCUT2D eigenvalue weighted by Gasteiger charge is 2.34. The molecule has 0 bridgehead atoms. The molecule has 3 heteroatoms. The zero-order valence-corrected chi connectivity index (χ0v) is 12.9. The van der Waals surface area contributed by atoms with Crippen molar-refractivity contribution >= 4 is 5.91 Å². The second-order valence-corrected chi connectivity index (χ2v) is 6.67. The highest BCUT2D eigenvalue weighted by molar-refractivity contribution is 5.81. The number of hydrogen-bond acceptors (Lipinski definition) is 2. The number of nitrogens with one attached hydrogen (secondary N) is 1. The molecule has 3 nitrogen and oxygen atoms in total. The summed E-state index contributed by atoms with van der Waals surface area (Å²) in [6.07, 6.45) is 5.02. The number of carbonyl (C=O) groups is 1. The number of nitrogens with zero attached hydrogens (tertiary/aromatic N) is 1. The third-order valence-electron chi connectivity index (χ3n) is 4.58. The van der Waals surface area contributed by atoms with Gasteiger partial charge in [0.25, 0.3) is 0 Å². The molecule has 1 amide bonds. The number of carbonyl (C=O) groups excluding carboxylic acids is 1. The Morgan fingerprint density at radius 2 is 2.10 bits per heavy atom. The highest BCUT2D eigenvalue weighted by Crippen LogP contribution is 2.35. The Morgan fingerprint density at radius 3 is 2.71 bits per heavy atom. The van der Waals surface area contributed by atoms with E-state index in [0.29, 0.717) is 6.42 Å².